The highest BCUT2D eigenvalue weighted by molar-refractivity contribution is 8.00. The SMILES string of the molecule is COc1ccc(S[C@@H](C2=CCCCC2)[C@H](C)C(=O)O)cc1. The fourth-order valence-corrected chi connectivity index (χ4v) is 3.82. The van der Waals surface area contributed by atoms with Crippen molar-refractivity contribution in [1.82, 2.24) is 0 Å². The fraction of sp³-hybridized carbons (Fsp3) is 0.471. The third-order valence-electron chi connectivity index (χ3n) is 3.86. The third-order valence-corrected chi connectivity index (χ3v) is 5.37. The van der Waals surface area contributed by atoms with Gasteiger partial charge >= 0.3 is 5.97 Å². The number of carboxylic acid groups (broad SMARTS) is 1. The number of methoxy groups -OCH3 is 1. The van der Waals surface area contributed by atoms with Crippen molar-refractivity contribution in [2.75, 3.05) is 7.11 Å². The van der Waals surface area contributed by atoms with Crippen LogP contribution in [0.2, 0.25) is 0 Å². The van der Waals surface area contributed by atoms with E-state index in [1.54, 1.807) is 25.8 Å². The lowest BCUT2D eigenvalue weighted by molar-refractivity contribution is -0.140. The number of hydrogen-bond donors (Lipinski definition) is 1. The monoisotopic (exact) mass is 306 g/mol. The van der Waals surface area contributed by atoms with Gasteiger partial charge in [0, 0.05) is 10.1 Å². The van der Waals surface area contributed by atoms with E-state index in [4.69, 9.17) is 4.74 Å². The van der Waals surface area contributed by atoms with Crippen LogP contribution in [0.15, 0.2) is 40.8 Å². The van der Waals surface area contributed by atoms with Gasteiger partial charge in [-0.05, 0) is 49.9 Å². The third kappa shape index (κ3) is 4.27. The zero-order chi connectivity index (χ0) is 15.2. The number of thioether (sulfide) groups is 1. The van der Waals surface area contributed by atoms with Gasteiger partial charge < -0.3 is 9.84 Å². The van der Waals surface area contributed by atoms with Crippen molar-refractivity contribution in [3.8, 4) is 5.75 Å². The zero-order valence-corrected chi connectivity index (χ0v) is 13.4. The maximum Gasteiger partial charge on any atom is 0.307 e. The van der Waals surface area contributed by atoms with Gasteiger partial charge in [0.1, 0.15) is 5.75 Å². The minimum absolute atomic E-state index is 0.0104. The summed E-state index contributed by atoms with van der Waals surface area (Å²) in [6.07, 6.45) is 6.71. The van der Waals surface area contributed by atoms with Crippen LogP contribution in [0, 0.1) is 5.92 Å². The van der Waals surface area contributed by atoms with E-state index in [-0.39, 0.29) is 11.2 Å². The van der Waals surface area contributed by atoms with Crippen molar-refractivity contribution in [3.63, 3.8) is 0 Å². The summed E-state index contributed by atoms with van der Waals surface area (Å²) in [6.45, 7) is 1.80. The van der Waals surface area contributed by atoms with E-state index in [0.29, 0.717) is 0 Å². The van der Waals surface area contributed by atoms with Gasteiger partial charge in [-0.25, -0.2) is 0 Å². The molecule has 0 saturated carbocycles. The van der Waals surface area contributed by atoms with Crippen LogP contribution in [0.3, 0.4) is 0 Å². The maximum atomic E-state index is 11.4. The Bertz CT molecular complexity index is 507. The average molecular weight is 306 g/mol. The Labute approximate surface area is 130 Å². The Morgan fingerprint density at radius 3 is 2.52 bits per heavy atom. The number of rotatable bonds is 6. The Balaban J connectivity index is 2.18. The molecular weight excluding hydrogens is 284 g/mol. The molecule has 0 bridgehead atoms. The van der Waals surface area contributed by atoms with Crippen LogP contribution < -0.4 is 4.74 Å². The molecule has 0 heterocycles. The number of allylic oxidation sites excluding steroid dienone is 1. The molecule has 1 aromatic rings. The molecule has 1 aromatic carbocycles. The second-order valence-electron chi connectivity index (χ2n) is 5.37. The molecule has 21 heavy (non-hydrogen) atoms. The molecule has 2 atom stereocenters. The minimum Gasteiger partial charge on any atom is -0.497 e. The molecule has 0 aromatic heterocycles. The van der Waals surface area contributed by atoms with Gasteiger partial charge in [0.15, 0.2) is 0 Å². The van der Waals surface area contributed by atoms with Crippen LogP contribution in [0.5, 0.6) is 5.75 Å². The first-order valence-corrected chi connectivity index (χ1v) is 8.22. The topological polar surface area (TPSA) is 46.5 Å². The first-order chi connectivity index (χ1) is 10.1. The lowest BCUT2D eigenvalue weighted by Gasteiger charge is -2.26. The second kappa shape index (κ2) is 7.55. The van der Waals surface area contributed by atoms with E-state index in [1.807, 2.05) is 24.3 Å². The molecule has 0 radical (unpaired) electrons. The van der Waals surface area contributed by atoms with E-state index in [1.165, 1.54) is 12.0 Å². The number of benzene rings is 1. The molecule has 0 fully saturated rings. The molecule has 1 N–H and O–H groups in total. The van der Waals surface area contributed by atoms with E-state index in [0.717, 1.165) is 29.9 Å². The van der Waals surface area contributed by atoms with Crippen LogP contribution in [0.1, 0.15) is 32.6 Å². The van der Waals surface area contributed by atoms with Gasteiger partial charge in [0.2, 0.25) is 0 Å². The molecule has 0 spiro atoms. The quantitative estimate of drug-likeness (QED) is 0.626. The first-order valence-electron chi connectivity index (χ1n) is 7.34. The van der Waals surface area contributed by atoms with Crippen LogP contribution in [0.25, 0.3) is 0 Å². The highest BCUT2D eigenvalue weighted by Gasteiger charge is 2.28. The number of hydrogen-bond acceptors (Lipinski definition) is 3. The van der Waals surface area contributed by atoms with Crippen molar-refractivity contribution in [2.45, 2.75) is 42.8 Å². The number of carboxylic acids is 1. The van der Waals surface area contributed by atoms with E-state index in [2.05, 4.69) is 6.08 Å². The van der Waals surface area contributed by atoms with Gasteiger partial charge in [-0.15, -0.1) is 11.8 Å². The van der Waals surface area contributed by atoms with E-state index < -0.39 is 5.97 Å². The van der Waals surface area contributed by atoms with Gasteiger partial charge in [-0.3, -0.25) is 4.79 Å². The van der Waals surface area contributed by atoms with Crippen LogP contribution in [-0.2, 0) is 4.79 Å². The first kappa shape index (κ1) is 16.0. The summed E-state index contributed by atoms with van der Waals surface area (Å²) < 4.78 is 5.16. The van der Waals surface area contributed by atoms with Crippen molar-refractivity contribution in [3.05, 3.63) is 35.9 Å². The van der Waals surface area contributed by atoms with Crippen LogP contribution in [0.4, 0.5) is 0 Å². The smallest absolute Gasteiger partial charge is 0.307 e. The van der Waals surface area contributed by atoms with Gasteiger partial charge in [0.25, 0.3) is 0 Å². The molecule has 1 aliphatic carbocycles. The fourth-order valence-electron chi connectivity index (χ4n) is 2.55. The largest absolute Gasteiger partial charge is 0.497 e. The molecule has 0 saturated heterocycles. The summed E-state index contributed by atoms with van der Waals surface area (Å²) in [5, 5.41) is 9.39. The molecule has 0 amide bonds. The zero-order valence-electron chi connectivity index (χ0n) is 12.5. The summed E-state index contributed by atoms with van der Waals surface area (Å²) in [4.78, 5) is 12.5. The van der Waals surface area contributed by atoms with Crippen molar-refractivity contribution < 1.29 is 14.6 Å². The molecule has 4 heteroatoms. The predicted octanol–water partition coefficient (Wildman–Crippen LogP) is 4.38. The summed E-state index contributed by atoms with van der Waals surface area (Å²) in [7, 11) is 1.64. The summed E-state index contributed by atoms with van der Waals surface area (Å²) in [5.74, 6) is -0.298. The molecule has 1 aliphatic rings. The number of aliphatic carboxylic acids is 1. The van der Waals surface area contributed by atoms with Crippen molar-refractivity contribution in [1.29, 1.82) is 0 Å². The Morgan fingerprint density at radius 1 is 1.29 bits per heavy atom. The normalized spacial score (nSPS) is 17.7. The standard InChI is InChI=1S/C17H22O3S/c1-12(17(18)19)16(13-6-4-3-5-7-13)21-15-10-8-14(20-2)9-11-15/h6,8-12,16H,3-5,7H2,1-2H3,(H,18,19)/t12-,16+/m0/s1. The van der Waals surface area contributed by atoms with Crippen molar-refractivity contribution >= 4 is 17.7 Å². The van der Waals surface area contributed by atoms with Gasteiger partial charge in [0.05, 0.1) is 13.0 Å². The Kier molecular flexibility index (Phi) is 5.74. The highest BCUT2D eigenvalue weighted by Crippen LogP contribution is 2.37. The summed E-state index contributed by atoms with van der Waals surface area (Å²) >= 11 is 1.65. The maximum absolute atomic E-state index is 11.4. The van der Waals surface area contributed by atoms with Gasteiger partial charge in [-0.1, -0.05) is 18.6 Å². The molecule has 114 valence electrons. The molecule has 2 rings (SSSR count). The lowest BCUT2D eigenvalue weighted by atomic mass is 9.91. The van der Waals surface area contributed by atoms with E-state index >= 15 is 0 Å². The molecule has 3 nitrogen and oxygen atoms in total. The van der Waals surface area contributed by atoms with Gasteiger partial charge in [-0.2, -0.15) is 0 Å². The average Bonchev–Trinajstić information content (AvgIpc) is 2.53. The molecule has 0 aliphatic heterocycles. The summed E-state index contributed by atoms with van der Waals surface area (Å²) in [6, 6.07) is 7.82. The summed E-state index contributed by atoms with van der Waals surface area (Å²) in [5.41, 5.74) is 1.29. The minimum atomic E-state index is -0.729. The Hall–Kier alpha value is -1.42. The van der Waals surface area contributed by atoms with Crippen molar-refractivity contribution in [2.24, 2.45) is 5.92 Å². The molecular formula is C17H22O3S. The lowest BCUT2D eigenvalue weighted by Crippen LogP contribution is -2.25. The van der Waals surface area contributed by atoms with Crippen LogP contribution >= 0.6 is 11.8 Å². The highest BCUT2D eigenvalue weighted by atomic mass is 32.2. The number of carbonyl (C=O) groups is 1. The number of ether oxygens (including phenoxy) is 1. The predicted molar refractivity (Wildman–Crippen MR) is 86.0 cm³/mol. The van der Waals surface area contributed by atoms with Crippen LogP contribution in [-0.4, -0.2) is 23.4 Å². The van der Waals surface area contributed by atoms with E-state index in [9.17, 15) is 9.90 Å². The second-order valence-corrected chi connectivity index (χ2v) is 6.58. The Morgan fingerprint density at radius 2 is 2.00 bits per heavy atom. The molecule has 0 unspecified atom stereocenters.